The number of rotatable bonds is 5. The zero-order chi connectivity index (χ0) is 12.0. The Hall–Kier alpha value is -1.29. The highest BCUT2D eigenvalue weighted by atomic mass is 35.5. The Labute approximate surface area is 98.1 Å². The first-order chi connectivity index (χ1) is 7.65. The van der Waals surface area contributed by atoms with Crippen LogP contribution in [0.4, 0.5) is 4.39 Å². The van der Waals surface area contributed by atoms with Crippen LogP contribution in [0.15, 0.2) is 18.2 Å². The number of hydrogen-bond donors (Lipinski definition) is 0. The highest BCUT2D eigenvalue weighted by Crippen LogP contribution is 2.24. The molecule has 0 fully saturated rings. The summed E-state index contributed by atoms with van der Waals surface area (Å²) in [5.74, 6) is -0.797. The van der Waals surface area contributed by atoms with Gasteiger partial charge < -0.3 is 9.47 Å². The zero-order valence-corrected chi connectivity index (χ0v) is 9.59. The molecule has 0 aliphatic heterocycles. The van der Waals surface area contributed by atoms with Gasteiger partial charge in [0, 0.05) is 6.42 Å². The van der Waals surface area contributed by atoms with Crippen LogP contribution in [0.25, 0.3) is 0 Å². The molecule has 1 aromatic carbocycles. The molecule has 0 aliphatic carbocycles. The van der Waals surface area contributed by atoms with Crippen molar-refractivity contribution in [3.8, 4) is 5.75 Å². The molecule has 0 aromatic heterocycles. The van der Waals surface area contributed by atoms with E-state index in [1.165, 1.54) is 19.2 Å². The smallest absolute Gasteiger partial charge is 0.305 e. The summed E-state index contributed by atoms with van der Waals surface area (Å²) in [5.41, 5.74) is 0. The number of hydrogen-bond acceptors (Lipinski definition) is 3. The number of carbonyl (C=O) groups excluding carboxylic acids is 1. The van der Waals surface area contributed by atoms with Gasteiger partial charge in [-0.3, -0.25) is 4.79 Å². The summed E-state index contributed by atoms with van der Waals surface area (Å²) in [6.45, 7) is 0.242. The third-order valence-electron chi connectivity index (χ3n) is 1.93. The van der Waals surface area contributed by atoms with E-state index in [0.29, 0.717) is 6.42 Å². The largest absolute Gasteiger partial charge is 0.490 e. The van der Waals surface area contributed by atoms with Crippen molar-refractivity contribution in [1.82, 2.24) is 0 Å². The first-order valence-corrected chi connectivity index (χ1v) is 5.16. The maximum Gasteiger partial charge on any atom is 0.305 e. The highest BCUT2D eigenvalue weighted by molar-refractivity contribution is 6.30. The molecule has 0 spiro atoms. The Balaban J connectivity index is 2.38. The Kier molecular flexibility index (Phi) is 5.05. The quantitative estimate of drug-likeness (QED) is 0.592. The lowest BCUT2D eigenvalue weighted by molar-refractivity contribution is -0.140. The average Bonchev–Trinajstić information content (AvgIpc) is 2.29. The van der Waals surface area contributed by atoms with E-state index < -0.39 is 5.82 Å². The van der Waals surface area contributed by atoms with Crippen molar-refractivity contribution < 1.29 is 18.7 Å². The maximum absolute atomic E-state index is 13.3. The summed E-state index contributed by atoms with van der Waals surface area (Å²) in [6.07, 6.45) is 0.720. The van der Waals surface area contributed by atoms with Crippen molar-refractivity contribution in [1.29, 1.82) is 0 Å². The van der Waals surface area contributed by atoms with Gasteiger partial charge in [-0.05, 0) is 18.6 Å². The third kappa shape index (κ3) is 3.70. The first kappa shape index (κ1) is 12.8. The van der Waals surface area contributed by atoms with Crippen molar-refractivity contribution in [2.75, 3.05) is 13.7 Å². The van der Waals surface area contributed by atoms with E-state index in [4.69, 9.17) is 16.3 Å². The minimum atomic E-state index is -0.581. The van der Waals surface area contributed by atoms with Gasteiger partial charge in [0.25, 0.3) is 0 Å². The maximum atomic E-state index is 13.3. The number of methoxy groups -OCH3 is 1. The molecule has 1 aromatic rings. The number of ether oxygens (including phenoxy) is 2. The molecule has 0 amide bonds. The van der Waals surface area contributed by atoms with Gasteiger partial charge in [0.2, 0.25) is 0 Å². The van der Waals surface area contributed by atoms with Gasteiger partial charge >= 0.3 is 5.97 Å². The van der Waals surface area contributed by atoms with E-state index in [2.05, 4.69) is 4.74 Å². The zero-order valence-electron chi connectivity index (χ0n) is 8.83. The van der Waals surface area contributed by atoms with Crippen LogP contribution >= 0.6 is 11.6 Å². The van der Waals surface area contributed by atoms with E-state index in [1.807, 2.05) is 0 Å². The van der Waals surface area contributed by atoms with Crippen LogP contribution in [0.1, 0.15) is 12.8 Å². The Morgan fingerprint density at radius 1 is 1.50 bits per heavy atom. The van der Waals surface area contributed by atoms with E-state index in [1.54, 1.807) is 6.07 Å². The third-order valence-corrected chi connectivity index (χ3v) is 2.22. The molecule has 0 bridgehead atoms. The highest BCUT2D eigenvalue weighted by Gasteiger charge is 2.07. The van der Waals surface area contributed by atoms with E-state index in [-0.39, 0.29) is 29.8 Å². The second-order valence-electron chi connectivity index (χ2n) is 3.08. The fraction of sp³-hybridized carbons (Fsp3) is 0.364. The Morgan fingerprint density at radius 3 is 2.94 bits per heavy atom. The Morgan fingerprint density at radius 2 is 2.25 bits per heavy atom. The van der Waals surface area contributed by atoms with E-state index in [0.717, 1.165) is 0 Å². The van der Waals surface area contributed by atoms with Crippen LogP contribution in [0.5, 0.6) is 5.75 Å². The Bertz CT molecular complexity index is 368. The minimum Gasteiger partial charge on any atom is -0.490 e. The predicted octanol–water partition coefficient (Wildman–Crippen LogP) is 2.81. The van der Waals surface area contributed by atoms with Crippen LogP contribution in [0.2, 0.25) is 5.02 Å². The van der Waals surface area contributed by atoms with Crippen molar-refractivity contribution in [3.63, 3.8) is 0 Å². The molecular formula is C11H12ClFO3. The molecule has 0 radical (unpaired) electrons. The van der Waals surface area contributed by atoms with Gasteiger partial charge in [-0.1, -0.05) is 17.7 Å². The van der Waals surface area contributed by atoms with Gasteiger partial charge in [-0.15, -0.1) is 0 Å². The fourth-order valence-corrected chi connectivity index (χ4v) is 1.26. The van der Waals surface area contributed by atoms with Crippen molar-refractivity contribution in [3.05, 3.63) is 29.0 Å². The number of carbonyl (C=O) groups is 1. The number of halogens is 2. The minimum absolute atomic E-state index is 0.0190. The lowest BCUT2D eigenvalue weighted by Gasteiger charge is -2.07. The standard InChI is InChI=1S/C11H12ClFO3/c1-15-10(14)6-3-7-16-9-5-2-4-8(12)11(9)13/h2,4-5H,3,6-7H2,1H3. The molecule has 1 rings (SSSR count). The van der Waals surface area contributed by atoms with Crippen molar-refractivity contribution >= 4 is 17.6 Å². The van der Waals surface area contributed by atoms with Gasteiger partial charge in [-0.2, -0.15) is 0 Å². The molecule has 0 unspecified atom stereocenters. The van der Waals surface area contributed by atoms with Crippen LogP contribution < -0.4 is 4.74 Å². The summed E-state index contributed by atoms with van der Waals surface area (Å²) in [7, 11) is 1.32. The van der Waals surface area contributed by atoms with Crippen LogP contribution in [-0.4, -0.2) is 19.7 Å². The SMILES string of the molecule is COC(=O)CCCOc1cccc(Cl)c1F. The summed E-state index contributed by atoms with van der Waals surface area (Å²) in [6, 6.07) is 4.53. The molecule has 0 saturated heterocycles. The normalized spacial score (nSPS) is 9.94. The molecule has 0 heterocycles. The molecular weight excluding hydrogens is 235 g/mol. The molecule has 3 nitrogen and oxygen atoms in total. The molecule has 0 atom stereocenters. The second-order valence-corrected chi connectivity index (χ2v) is 3.49. The van der Waals surface area contributed by atoms with Gasteiger partial charge in [0.15, 0.2) is 11.6 Å². The van der Waals surface area contributed by atoms with Gasteiger partial charge in [0.05, 0.1) is 18.7 Å². The molecule has 16 heavy (non-hydrogen) atoms. The van der Waals surface area contributed by atoms with Gasteiger partial charge in [0.1, 0.15) is 0 Å². The monoisotopic (exact) mass is 246 g/mol. The van der Waals surface area contributed by atoms with Crippen molar-refractivity contribution in [2.45, 2.75) is 12.8 Å². The molecule has 88 valence electrons. The number of esters is 1. The van der Waals surface area contributed by atoms with Gasteiger partial charge in [-0.25, -0.2) is 4.39 Å². The van der Waals surface area contributed by atoms with Crippen LogP contribution in [0, 0.1) is 5.82 Å². The molecule has 0 aliphatic rings. The number of benzene rings is 1. The first-order valence-electron chi connectivity index (χ1n) is 4.78. The van der Waals surface area contributed by atoms with Crippen LogP contribution in [-0.2, 0) is 9.53 Å². The summed E-state index contributed by atoms with van der Waals surface area (Å²) in [5, 5.41) is 0.0190. The topological polar surface area (TPSA) is 35.5 Å². The van der Waals surface area contributed by atoms with Crippen LogP contribution in [0.3, 0.4) is 0 Å². The van der Waals surface area contributed by atoms with E-state index >= 15 is 0 Å². The molecule has 5 heteroatoms. The predicted molar refractivity (Wildman–Crippen MR) is 58.2 cm³/mol. The molecule has 0 N–H and O–H groups in total. The lowest BCUT2D eigenvalue weighted by atomic mass is 10.3. The average molecular weight is 247 g/mol. The van der Waals surface area contributed by atoms with E-state index in [9.17, 15) is 9.18 Å². The lowest BCUT2D eigenvalue weighted by Crippen LogP contribution is -2.05. The second kappa shape index (κ2) is 6.33. The molecule has 0 saturated carbocycles. The summed E-state index contributed by atoms with van der Waals surface area (Å²) >= 11 is 5.57. The fourth-order valence-electron chi connectivity index (χ4n) is 1.10. The summed E-state index contributed by atoms with van der Waals surface area (Å²) in [4.78, 5) is 10.8. The summed E-state index contributed by atoms with van der Waals surface area (Å²) < 4.78 is 22.9. The van der Waals surface area contributed by atoms with Crippen molar-refractivity contribution in [2.24, 2.45) is 0 Å².